The minimum atomic E-state index is -0.811. The first-order valence-electron chi connectivity index (χ1n) is 9.74. The summed E-state index contributed by atoms with van der Waals surface area (Å²) < 4.78 is 0. The summed E-state index contributed by atoms with van der Waals surface area (Å²) >= 11 is 0. The number of anilines is 2. The molecule has 6 heteroatoms. The lowest BCUT2D eigenvalue weighted by atomic mass is 9.85. The molecule has 0 spiro atoms. The molecular formula is C21H25N3O3. The van der Waals surface area contributed by atoms with Gasteiger partial charge in [0, 0.05) is 24.5 Å². The van der Waals surface area contributed by atoms with Crippen LogP contribution in [0.3, 0.4) is 0 Å². The number of hydrogen-bond donors (Lipinski definition) is 1. The molecule has 2 heterocycles. The molecule has 0 bridgehead atoms. The molecule has 2 saturated heterocycles. The Balaban J connectivity index is 1.42. The molecule has 142 valence electrons. The second kappa shape index (κ2) is 7.18. The molecule has 6 nitrogen and oxygen atoms in total. The Morgan fingerprint density at radius 2 is 1.56 bits per heavy atom. The van der Waals surface area contributed by atoms with Crippen molar-refractivity contribution in [1.29, 1.82) is 0 Å². The molecule has 3 amide bonds. The van der Waals surface area contributed by atoms with Crippen molar-refractivity contribution in [3.63, 3.8) is 0 Å². The summed E-state index contributed by atoms with van der Waals surface area (Å²) in [6, 6.07) is 6.93. The van der Waals surface area contributed by atoms with Gasteiger partial charge in [0.05, 0.1) is 11.8 Å². The SMILES string of the molecule is C[C@@H](C(=O)Nc1ccc(N2CCCC2)cc1)N1C(=O)[C@H]2CC=CC[C@H]2C1=O. The van der Waals surface area contributed by atoms with Crippen LogP contribution in [0.4, 0.5) is 11.4 Å². The zero-order chi connectivity index (χ0) is 19.0. The number of allylic oxidation sites excluding steroid dienone is 2. The lowest BCUT2D eigenvalue weighted by Gasteiger charge is -2.23. The predicted molar refractivity (Wildman–Crippen MR) is 103 cm³/mol. The van der Waals surface area contributed by atoms with Gasteiger partial charge in [-0.1, -0.05) is 12.2 Å². The van der Waals surface area contributed by atoms with Crippen LogP contribution < -0.4 is 10.2 Å². The van der Waals surface area contributed by atoms with E-state index in [4.69, 9.17) is 0 Å². The van der Waals surface area contributed by atoms with Gasteiger partial charge in [0.1, 0.15) is 6.04 Å². The van der Waals surface area contributed by atoms with Gasteiger partial charge in [-0.05, 0) is 56.9 Å². The first-order valence-corrected chi connectivity index (χ1v) is 9.74. The van der Waals surface area contributed by atoms with E-state index in [1.807, 2.05) is 36.4 Å². The quantitative estimate of drug-likeness (QED) is 0.656. The van der Waals surface area contributed by atoms with Crippen molar-refractivity contribution in [2.45, 2.75) is 38.6 Å². The molecule has 27 heavy (non-hydrogen) atoms. The van der Waals surface area contributed by atoms with Crippen molar-refractivity contribution in [3.8, 4) is 0 Å². The molecular weight excluding hydrogens is 342 g/mol. The molecule has 0 aromatic heterocycles. The van der Waals surface area contributed by atoms with Gasteiger partial charge >= 0.3 is 0 Å². The standard InChI is InChI=1S/C21H25N3O3/c1-14(24-20(26)17-6-2-3-7-18(17)21(24)27)19(25)22-15-8-10-16(11-9-15)23-12-4-5-13-23/h2-3,8-11,14,17-18H,4-7,12-13H2,1H3,(H,22,25)/t14-,17-,18+/m0/s1. The lowest BCUT2D eigenvalue weighted by Crippen LogP contribution is -2.46. The summed E-state index contributed by atoms with van der Waals surface area (Å²) in [7, 11) is 0. The smallest absolute Gasteiger partial charge is 0.247 e. The van der Waals surface area contributed by atoms with Crippen LogP contribution in [0.2, 0.25) is 0 Å². The molecule has 1 aromatic rings. The van der Waals surface area contributed by atoms with Crippen LogP contribution >= 0.6 is 0 Å². The van der Waals surface area contributed by atoms with Crippen LogP contribution in [0.5, 0.6) is 0 Å². The van der Waals surface area contributed by atoms with E-state index < -0.39 is 6.04 Å². The molecule has 0 unspecified atom stereocenters. The van der Waals surface area contributed by atoms with Crippen LogP contribution in [-0.4, -0.2) is 41.8 Å². The average molecular weight is 367 g/mol. The number of fused-ring (bicyclic) bond motifs is 1. The first kappa shape index (κ1) is 17.8. The Labute approximate surface area is 159 Å². The van der Waals surface area contributed by atoms with E-state index >= 15 is 0 Å². The summed E-state index contributed by atoms with van der Waals surface area (Å²) in [5, 5.41) is 2.84. The van der Waals surface area contributed by atoms with Crippen molar-refractivity contribution < 1.29 is 14.4 Å². The Kier molecular flexibility index (Phi) is 4.72. The van der Waals surface area contributed by atoms with E-state index in [1.54, 1.807) is 6.92 Å². The van der Waals surface area contributed by atoms with Gasteiger partial charge in [0.25, 0.3) is 0 Å². The molecule has 1 aliphatic carbocycles. The fourth-order valence-electron chi connectivity index (χ4n) is 4.30. The van der Waals surface area contributed by atoms with Gasteiger partial charge in [0.2, 0.25) is 17.7 Å². The topological polar surface area (TPSA) is 69.7 Å². The minimum Gasteiger partial charge on any atom is -0.372 e. The van der Waals surface area contributed by atoms with Gasteiger partial charge in [-0.15, -0.1) is 0 Å². The number of hydrogen-bond acceptors (Lipinski definition) is 4. The highest BCUT2D eigenvalue weighted by atomic mass is 16.2. The van der Waals surface area contributed by atoms with Crippen LogP contribution in [0.25, 0.3) is 0 Å². The van der Waals surface area contributed by atoms with Gasteiger partial charge in [-0.25, -0.2) is 0 Å². The normalized spacial score (nSPS) is 25.7. The zero-order valence-corrected chi connectivity index (χ0v) is 15.6. The molecule has 4 rings (SSSR count). The second-order valence-electron chi connectivity index (χ2n) is 7.61. The van der Waals surface area contributed by atoms with E-state index in [0.717, 1.165) is 23.7 Å². The lowest BCUT2D eigenvalue weighted by molar-refractivity contribution is -0.146. The van der Waals surface area contributed by atoms with Crippen LogP contribution in [0, 0.1) is 11.8 Å². The van der Waals surface area contributed by atoms with Gasteiger partial charge in [-0.2, -0.15) is 0 Å². The highest BCUT2D eigenvalue weighted by Crippen LogP contribution is 2.36. The Hall–Kier alpha value is -2.63. The molecule has 3 atom stereocenters. The maximum atomic E-state index is 12.7. The molecule has 2 aliphatic heterocycles. The van der Waals surface area contributed by atoms with Crippen molar-refractivity contribution in [2.24, 2.45) is 11.8 Å². The van der Waals surface area contributed by atoms with Gasteiger partial charge in [0.15, 0.2) is 0 Å². The highest BCUT2D eigenvalue weighted by molar-refractivity contribution is 6.10. The molecule has 1 aromatic carbocycles. The van der Waals surface area contributed by atoms with Crippen molar-refractivity contribution in [3.05, 3.63) is 36.4 Å². The number of rotatable bonds is 4. The number of benzene rings is 1. The minimum absolute atomic E-state index is 0.221. The number of imide groups is 1. The fraction of sp³-hybridized carbons (Fsp3) is 0.476. The number of amides is 3. The third-order valence-corrected chi connectivity index (χ3v) is 5.91. The second-order valence-corrected chi connectivity index (χ2v) is 7.61. The van der Waals surface area contributed by atoms with Gasteiger partial charge < -0.3 is 10.2 Å². The summed E-state index contributed by atoms with van der Waals surface area (Å²) in [5.74, 6) is -1.39. The largest absolute Gasteiger partial charge is 0.372 e. The van der Waals surface area contributed by atoms with E-state index in [9.17, 15) is 14.4 Å². The summed E-state index contributed by atoms with van der Waals surface area (Å²) in [4.78, 5) is 41.4. The van der Waals surface area contributed by atoms with Crippen LogP contribution in [-0.2, 0) is 14.4 Å². The highest BCUT2D eigenvalue weighted by Gasteiger charge is 2.50. The number of carbonyl (C=O) groups is 3. The van der Waals surface area contributed by atoms with E-state index in [0.29, 0.717) is 18.5 Å². The van der Waals surface area contributed by atoms with Crippen LogP contribution in [0.15, 0.2) is 36.4 Å². The van der Waals surface area contributed by atoms with E-state index in [1.165, 1.54) is 12.8 Å². The van der Waals surface area contributed by atoms with Gasteiger partial charge in [-0.3, -0.25) is 19.3 Å². The van der Waals surface area contributed by atoms with Crippen molar-refractivity contribution in [1.82, 2.24) is 4.90 Å². The fourth-order valence-corrected chi connectivity index (χ4v) is 4.30. The average Bonchev–Trinajstić information content (AvgIpc) is 3.30. The van der Waals surface area contributed by atoms with Crippen LogP contribution in [0.1, 0.15) is 32.6 Å². The predicted octanol–water partition coefficient (Wildman–Crippen LogP) is 2.57. The molecule has 0 saturated carbocycles. The third kappa shape index (κ3) is 3.24. The summed E-state index contributed by atoms with van der Waals surface area (Å²) in [6.07, 6.45) is 7.48. The number of nitrogens with zero attached hydrogens (tertiary/aromatic N) is 2. The Morgan fingerprint density at radius 3 is 2.11 bits per heavy atom. The Morgan fingerprint density at radius 1 is 1.00 bits per heavy atom. The molecule has 3 aliphatic rings. The van der Waals surface area contributed by atoms with E-state index in [2.05, 4.69) is 10.2 Å². The maximum absolute atomic E-state index is 12.7. The maximum Gasteiger partial charge on any atom is 0.247 e. The Bertz CT molecular complexity index is 754. The van der Waals surface area contributed by atoms with Crippen molar-refractivity contribution in [2.75, 3.05) is 23.3 Å². The number of likely N-dealkylation sites (tertiary alicyclic amines) is 1. The summed E-state index contributed by atoms with van der Waals surface area (Å²) in [5.41, 5.74) is 1.83. The van der Waals surface area contributed by atoms with Crippen molar-refractivity contribution >= 4 is 29.1 Å². The molecule has 2 fully saturated rings. The zero-order valence-electron chi connectivity index (χ0n) is 15.6. The third-order valence-electron chi connectivity index (χ3n) is 5.91. The molecule has 0 radical (unpaired) electrons. The summed E-state index contributed by atoms with van der Waals surface area (Å²) in [6.45, 7) is 3.76. The number of nitrogens with one attached hydrogen (secondary N) is 1. The molecule has 1 N–H and O–H groups in total. The monoisotopic (exact) mass is 367 g/mol. The first-order chi connectivity index (χ1) is 13.1. The number of carbonyl (C=O) groups excluding carboxylic acids is 3. The van der Waals surface area contributed by atoms with E-state index in [-0.39, 0.29) is 29.6 Å².